The molecule has 0 bridgehead atoms. The lowest BCUT2D eigenvalue weighted by Gasteiger charge is -2.45. The summed E-state index contributed by atoms with van der Waals surface area (Å²) in [6.07, 6.45) is 5.96. The Hall–Kier alpha value is -3.84. The molecular weight excluding hydrogens is 635 g/mol. The molecule has 4 rings (SSSR count). The number of likely N-dealkylation sites (tertiary alicyclic amines) is 1. The van der Waals surface area contributed by atoms with E-state index >= 15 is 0 Å². The lowest BCUT2D eigenvalue weighted by Crippen LogP contribution is -3.00. The number of nitrogens with one attached hydrogen (secondary N) is 1. The van der Waals surface area contributed by atoms with Gasteiger partial charge < -0.3 is 53.4 Å². The Bertz CT molecular complexity index is 1360. The average Bonchev–Trinajstić information content (AvgIpc) is 3.01. The van der Waals surface area contributed by atoms with Crippen molar-refractivity contribution in [3.63, 3.8) is 0 Å². The summed E-state index contributed by atoms with van der Waals surface area (Å²) in [6.45, 7) is 3.84. The van der Waals surface area contributed by atoms with Gasteiger partial charge in [0.25, 0.3) is 0 Å². The van der Waals surface area contributed by atoms with Crippen LogP contribution in [0.3, 0.4) is 0 Å². The zero-order valence-electron chi connectivity index (χ0n) is 25.7. The van der Waals surface area contributed by atoms with Gasteiger partial charge in [0.2, 0.25) is 0 Å². The second-order valence-electron chi connectivity index (χ2n) is 11.5. The number of carboxylic acids is 2. The predicted molar refractivity (Wildman–Crippen MR) is 171 cm³/mol. The molecule has 46 heavy (non-hydrogen) atoms. The molecule has 0 amide bonds. The highest BCUT2D eigenvalue weighted by Gasteiger charge is 2.34. The maximum absolute atomic E-state index is 10.8. The number of nitrogen functional groups attached to an aromatic ring is 2. The molecule has 1 saturated heterocycles. The molecule has 0 radical (unpaired) electrons. The molecule has 0 spiro atoms. The van der Waals surface area contributed by atoms with Gasteiger partial charge in [-0.15, -0.1) is 0 Å². The topological polar surface area (TPSA) is 183 Å². The lowest BCUT2D eigenvalue weighted by atomic mass is 9.99. The van der Waals surface area contributed by atoms with Gasteiger partial charge in [0.1, 0.15) is 17.3 Å². The van der Waals surface area contributed by atoms with Crippen molar-refractivity contribution in [3.8, 4) is 11.5 Å². The summed E-state index contributed by atoms with van der Waals surface area (Å²) in [6, 6.07) is 15.5. The summed E-state index contributed by atoms with van der Waals surface area (Å²) in [5, 5.41) is 21.5. The van der Waals surface area contributed by atoms with E-state index in [9.17, 15) is 9.59 Å². The SMILES string of the molecule is Nc1nc(N)c(CN[C@H]2CCC[N+](CCCc3ccc(OCC(=O)O)cc3)(CCCc3ccc(OCC(=O)O)cc3)C2)nc1Cl.[Cl-]. The normalized spacial score (nSPS) is 15.5. The van der Waals surface area contributed by atoms with Gasteiger partial charge in [0.15, 0.2) is 24.2 Å². The molecule has 12 nitrogen and oxygen atoms in total. The molecule has 2 heterocycles. The molecule has 1 aliphatic heterocycles. The molecule has 3 aromatic rings. The molecule has 1 aliphatic rings. The van der Waals surface area contributed by atoms with Crippen molar-refractivity contribution < 1.29 is 46.2 Å². The van der Waals surface area contributed by atoms with Crippen LogP contribution >= 0.6 is 11.6 Å². The van der Waals surface area contributed by atoms with Crippen LogP contribution in [0.15, 0.2) is 48.5 Å². The first kappa shape index (κ1) is 36.6. The van der Waals surface area contributed by atoms with Crippen molar-refractivity contribution in [3.05, 3.63) is 70.5 Å². The van der Waals surface area contributed by atoms with Crippen LogP contribution in [0.4, 0.5) is 11.6 Å². The largest absolute Gasteiger partial charge is 1.00 e. The molecule has 0 aliphatic carbocycles. The second kappa shape index (κ2) is 17.7. The van der Waals surface area contributed by atoms with E-state index in [-0.39, 0.29) is 48.5 Å². The van der Waals surface area contributed by atoms with Crippen LogP contribution in [-0.4, -0.2) is 82.0 Å². The number of benzene rings is 2. The van der Waals surface area contributed by atoms with E-state index in [1.165, 1.54) is 11.1 Å². The highest BCUT2D eigenvalue weighted by molar-refractivity contribution is 6.31. The van der Waals surface area contributed by atoms with Gasteiger partial charge in [0.05, 0.1) is 37.9 Å². The molecule has 1 aromatic heterocycles. The fourth-order valence-electron chi connectivity index (χ4n) is 5.88. The third-order valence-corrected chi connectivity index (χ3v) is 8.38. The molecule has 250 valence electrons. The van der Waals surface area contributed by atoms with Crippen molar-refractivity contribution in [1.29, 1.82) is 0 Å². The van der Waals surface area contributed by atoms with E-state index in [2.05, 4.69) is 15.3 Å². The van der Waals surface area contributed by atoms with Crippen molar-refractivity contribution in [2.75, 3.05) is 50.9 Å². The Morgan fingerprint density at radius 1 is 0.870 bits per heavy atom. The summed E-state index contributed by atoms with van der Waals surface area (Å²) in [7, 11) is 0. The Morgan fingerprint density at radius 2 is 1.39 bits per heavy atom. The Morgan fingerprint density at radius 3 is 1.89 bits per heavy atom. The van der Waals surface area contributed by atoms with E-state index in [0.717, 1.165) is 69.2 Å². The van der Waals surface area contributed by atoms with Gasteiger partial charge in [-0.1, -0.05) is 35.9 Å². The number of carbonyl (C=O) groups is 2. The number of halogens is 2. The predicted octanol–water partition coefficient (Wildman–Crippen LogP) is 0.560. The molecule has 14 heteroatoms. The summed E-state index contributed by atoms with van der Waals surface area (Å²) in [4.78, 5) is 30.0. The van der Waals surface area contributed by atoms with E-state index in [4.69, 9.17) is 42.8 Å². The average molecular weight is 678 g/mol. The number of aryl methyl sites for hydroxylation is 2. The fraction of sp³-hybridized carbons (Fsp3) is 0.438. The van der Waals surface area contributed by atoms with Gasteiger partial charge in [-0.2, -0.15) is 0 Å². The van der Waals surface area contributed by atoms with Gasteiger partial charge in [-0.05, 0) is 61.1 Å². The van der Waals surface area contributed by atoms with E-state index in [1.807, 2.05) is 48.5 Å². The first-order chi connectivity index (χ1) is 21.6. The second-order valence-corrected chi connectivity index (χ2v) is 11.9. The zero-order chi connectivity index (χ0) is 32.2. The molecule has 1 fully saturated rings. The third kappa shape index (κ3) is 11.5. The number of hydrogen-bond donors (Lipinski definition) is 5. The van der Waals surface area contributed by atoms with E-state index < -0.39 is 11.9 Å². The van der Waals surface area contributed by atoms with Crippen LogP contribution in [-0.2, 0) is 29.0 Å². The first-order valence-electron chi connectivity index (χ1n) is 15.1. The van der Waals surface area contributed by atoms with E-state index in [1.54, 1.807) is 0 Å². The third-order valence-electron chi connectivity index (χ3n) is 8.10. The number of carboxylic acid groups (broad SMARTS) is 2. The van der Waals surface area contributed by atoms with Crippen LogP contribution in [0, 0.1) is 0 Å². The van der Waals surface area contributed by atoms with Crippen LogP contribution in [0.25, 0.3) is 0 Å². The molecule has 0 saturated carbocycles. The Kier molecular flexibility index (Phi) is 14.1. The number of piperidine rings is 1. The number of quaternary nitrogens is 1. The van der Waals surface area contributed by atoms with Crippen LogP contribution in [0.5, 0.6) is 11.5 Å². The molecule has 7 N–H and O–H groups in total. The first-order valence-corrected chi connectivity index (χ1v) is 15.5. The lowest BCUT2D eigenvalue weighted by molar-refractivity contribution is -0.933. The fourth-order valence-corrected chi connectivity index (χ4v) is 6.03. The summed E-state index contributed by atoms with van der Waals surface area (Å²) < 4.78 is 11.5. The quantitative estimate of drug-likeness (QED) is 0.126. The number of ether oxygens (including phenoxy) is 2. The number of aromatic nitrogens is 2. The smallest absolute Gasteiger partial charge is 0.341 e. The van der Waals surface area contributed by atoms with Crippen molar-refractivity contribution in [2.24, 2.45) is 0 Å². The molecule has 1 atom stereocenters. The minimum atomic E-state index is -1.00. The van der Waals surface area contributed by atoms with E-state index in [0.29, 0.717) is 23.7 Å². The summed E-state index contributed by atoms with van der Waals surface area (Å²) in [5.41, 5.74) is 14.7. The number of nitrogens with zero attached hydrogens (tertiary/aromatic N) is 3. The number of anilines is 2. The van der Waals surface area contributed by atoms with Crippen molar-refractivity contribution in [2.45, 2.75) is 51.1 Å². The van der Waals surface area contributed by atoms with Crippen molar-refractivity contribution in [1.82, 2.24) is 15.3 Å². The standard InChI is InChI=1S/C32H41ClN6O6.ClH/c33-30-32(35)38-31(34)27(37-30)18-36-24-6-3-17-39(19-24,15-1-4-22-7-11-25(12-8-22)44-20-28(40)41)16-2-5-23-9-13-26(14-10-23)45-21-29(42)43;/h7-14,24,36H,1-6,15-21H2,(H5-,34,35,38,40,41,42,43);1H/t24-;/m0./s1. The number of rotatable bonds is 17. The highest BCUT2D eigenvalue weighted by Crippen LogP contribution is 2.24. The molecule has 2 aromatic carbocycles. The minimum absolute atomic E-state index is 0. The highest BCUT2D eigenvalue weighted by atomic mass is 35.5. The number of nitrogens with two attached hydrogens (primary N) is 2. The monoisotopic (exact) mass is 676 g/mol. The maximum atomic E-state index is 10.8. The van der Waals surface area contributed by atoms with Crippen LogP contribution < -0.4 is 38.7 Å². The Balaban J connectivity index is 0.00000576. The van der Waals surface area contributed by atoms with Crippen LogP contribution in [0.1, 0.15) is 42.5 Å². The van der Waals surface area contributed by atoms with Gasteiger partial charge >= 0.3 is 11.9 Å². The molecular formula is C32H42Cl2N6O6. The number of aliphatic carboxylic acids is 2. The van der Waals surface area contributed by atoms with Gasteiger partial charge in [-0.3, -0.25) is 0 Å². The van der Waals surface area contributed by atoms with Crippen LogP contribution in [0.2, 0.25) is 5.15 Å². The molecule has 0 unspecified atom stereocenters. The van der Waals surface area contributed by atoms with Gasteiger partial charge in [0, 0.05) is 19.4 Å². The van der Waals surface area contributed by atoms with Crippen molar-refractivity contribution >= 4 is 35.2 Å². The minimum Gasteiger partial charge on any atom is -1.00 e. The zero-order valence-corrected chi connectivity index (χ0v) is 27.2. The Labute approximate surface area is 280 Å². The maximum Gasteiger partial charge on any atom is 0.341 e. The summed E-state index contributed by atoms with van der Waals surface area (Å²) >= 11 is 6.10. The van der Waals surface area contributed by atoms with Gasteiger partial charge in [-0.25, -0.2) is 19.6 Å². The summed E-state index contributed by atoms with van der Waals surface area (Å²) in [5.74, 6) is -0.515. The number of hydrogen-bond acceptors (Lipinski definition) is 9.